The number of hydrogen-bond acceptors (Lipinski definition) is 4. The fraction of sp³-hybridized carbons (Fsp3) is 0.923. The van der Waals surface area contributed by atoms with Gasteiger partial charge < -0.3 is 15.5 Å². The summed E-state index contributed by atoms with van der Waals surface area (Å²) in [6, 6.07) is 0.363. The Bertz CT molecular complexity index is 242. The lowest BCUT2D eigenvalue weighted by molar-refractivity contribution is -0.121. The van der Waals surface area contributed by atoms with E-state index in [1.807, 2.05) is 11.8 Å². The van der Waals surface area contributed by atoms with Crippen LogP contribution in [0.2, 0.25) is 0 Å². The number of thioether (sulfide) groups is 1. The summed E-state index contributed by atoms with van der Waals surface area (Å²) in [6.45, 7) is 9.30. The van der Waals surface area contributed by atoms with E-state index in [1.54, 1.807) is 0 Å². The predicted octanol–water partition coefficient (Wildman–Crippen LogP) is 1.77. The summed E-state index contributed by atoms with van der Waals surface area (Å²) in [5, 5.41) is 6.41. The normalized spacial score (nSPS) is 18.1. The first-order valence-corrected chi connectivity index (χ1v) is 8.21. The molecular weight excluding hydrogens is 317 g/mol. The van der Waals surface area contributed by atoms with Gasteiger partial charge in [-0.05, 0) is 19.5 Å². The second-order valence-corrected chi connectivity index (χ2v) is 5.86. The fourth-order valence-electron chi connectivity index (χ4n) is 2.14. The van der Waals surface area contributed by atoms with E-state index in [4.69, 9.17) is 0 Å². The Morgan fingerprint density at radius 2 is 2.10 bits per heavy atom. The summed E-state index contributed by atoms with van der Waals surface area (Å²) in [5.74, 6) is 2.41. The van der Waals surface area contributed by atoms with Gasteiger partial charge in [-0.15, -0.1) is 24.8 Å². The maximum Gasteiger partial charge on any atom is 0.221 e. The van der Waals surface area contributed by atoms with Gasteiger partial charge in [-0.3, -0.25) is 4.79 Å². The minimum absolute atomic E-state index is 0. The Balaban J connectivity index is 0. The summed E-state index contributed by atoms with van der Waals surface area (Å²) < 4.78 is 0. The second-order valence-electron chi connectivity index (χ2n) is 4.71. The predicted molar refractivity (Wildman–Crippen MR) is 93.6 cm³/mol. The highest BCUT2D eigenvalue weighted by atomic mass is 35.5. The highest BCUT2D eigenvalue weighted by Gasteiger charge is 2.16. The zero-order valence-corrected chi connectivity index (χ0v) is 15.0. The number of carbonyl (C=O) groups excluding carboxylic acids is 1. The molecule has 20 heavy (non-hydrogen) atoms. The van der Waals surface area contributed by atoms with Crippen molar-refractivity contribution in [3.05, 3.63) is 0 Å². The lowest BCUT2D eigenvalue weighted by atomic mass is 10.2. The summed E-state index contributed by atoms with van der Waals surface area (Å²) in [7, 11) is 0. The maximum atomic E-state index is 11.8. The Kier molecular flexibility index (Phi) is 16.1. The number of amides is 1. The van der Waals surface area contributed by atoms with Gasteiger partial charge in [0.1, 0.15) is 0 Å². The molecule has 122 valence electrons. The SMILES string of the molecule is CCCN(CC)CCNC(=O)CC1CSCCN1.Cl.Cl. The summed E-state index contributed by atoms with van der Waals surface area (Å²) >= 11 is 1.93. The van der Waals surface area contributed by atoms with Crippen LogP contribution in [0, 0.1) is 0 Å². The van der Waals surface area contributed by atoms with Gasteiger partial charge in [0, 0.05) is 43.6 Å². The highest BCUT2D eigenvalue weighted by molar-refractivity contribution is 7.99. The molecule has 0 aromatic heterocycles. The number of halogens is 2. The zero-order valence-electron chi connectivity index (χ0n) is 12.5. The third-order valence-corrected chi connectivity index (χ3v) is 4.30. The van der Waals surface area contributed by atoms with E-state index in [-0.39, 0.29) is 30.7 Å². The molecule has 2 N–H and O–H groups in total. The van der Waals surface area contributed by atoms with Crippen LogP contribution in [0.1, 0.15) is 26.7 Å². The number of nitrogens with one attached hydrogen (secondary N) is 2. The van der Waals surface area contributed by atoms with Gasteiger partial charge >= 0.3 is 0 Å². The Morgan fingerprint density at radius 1 is 1.35 bits per heavy atom. The molecule has 0 saturated carbocycles. The Morgan fingerprint density at radius 3 is 2.65 bits per heavy atom. The van der Waals surface area contributed by atoms with E-state index in [9.17, 15) is 4.79 Å². The first-order chi connectivity index (χ1) is 8.76. The summed E-state index contributed by atoms with van der Waals surface area (Å²) in [5.41, 5.74) is 0. The molecular formula is C13H29Cl2N3OS. The standard InChI is InChI=1S/C13H27N3OS.2ClH/c1-3-7-16(4-2)8-5-15-13(17)10-12-11-18-9-6-14-12;;/h12,14H,3-11H2,1-2H3,(H,15,17);2*1H. The van der Waals surface area contributed by atoms with Crippen molar-refractivity contribution in [2.45, 2.75) is 32.7 Å². The number of likely N-dealkylation sites (N-methyl/N-ethyl adjacent to an activating group) is 1. The van der Waals surface area contributed by atoms with Crippen molar-refractivity contribution in [2.75, 3.05) is 44.2 Å². The molecule has 0 spiro atoms. The lowest BCUT2D eigenvalue weighted by Crippen LogP contribution is -2.42. The molecule has 1 aliphatic heterocycles. The van der Waals surface area contributed by atoms with E-state index in [0.717, 1.165) is 38.5 Å². The molecule has 0 aliphatic carbocycles. The Hall–Kier alpha value is 0.320. The largest absolute Gasteiger partial charge is 0.355 e. The highest BCUT2D eigenvalue weighted by Crippen LogP contribution is 2.09. The van der Waals surface area contributed by atoms with E-state index in [0.29, 0.717) is 12.5 Å². The van der Waals surface area contributed by atoms with Crippen LogP contribution in [0.15, 0.2) is 0 Å². The molecule has 0 aromatic rings. The molecule has 1 aliphatic rings. The third kappa shape index (κ3) is 10.1. The smallest absolute Gasteiger partial charge is 0.221 e. The lowest BCUT2D eigenvalue weighted by Gasteiger charge is -2.23. The summed E-state index contributed by atoms with van der Waals surface area (Å²) in [6.07, 6.45) is 1.79. The van der Waals surface area contributed by atoms with Gasteiger partial charge in [0.2, 0.25) is 5.91 Å². The van der Waals surface area contributed by atoms with E-state index in [1.165, 1.54) is 12.2 Å². The van der Waals surface area contributed by atoms with Crippen molar-refractivity contribution < 1.29 is 4.79 Å². The van der Waals surface area contributed by atoms with Crippen molar-refractivity contribution in [1.82, 2.24) is 15.5 Å². The van der Waals surface area contributed by atoms with Gasteiger partial charge in [-0.1, -0.05) is 13.8 Å². The molecule has 1 unspecified atom stereocenters. The topological polar surface area (TPSA) is 44.4 Å². The van der Waals surface area contributed by atoms with Crippen LogP contribution in [0.5, 0.6) is 0 Å². The van der Waals surface area contributed by atoms with Crippen molar-refractivity contribution in [3.8, 4) is 0 Å². The molecule has 0 bridgehead atoms. The summed E-state index contributed by atoms with van der Waals surface area (Å²) in [4.78, 5) is 14.1. The molecule has 1 saturated heterocycles. The zero-order chi connectivity index (χ0) is 13.2. The minimum atomic E-state index is 0. The van der Waals surface area contributed by atoms with E-state index >= 15 is 0 Å². The van der Waals surface area contributed by atoms with Crippen LogP contribution in [-0.2, 0) is 4.79 Å². The molecule has 1 atom stereocenters. The van der Waals surface area contributed by atoms with Crippen molar-refractivity contribution in [1.29, 1.82) is 0 Å². The van der Waals surface area contributed by atoms with Gasteiger partial charge in [0.25, 0.3) is 0 Å². The molecule has 0 aromatic carbocycles. The van der Waals surface area contributed by atoms with Gasteiger partial charge in [-0.25, -0.2) is 0 Å². The average Bonchev–Trinajstić information content (AvgIpc) is 2.39. The van der Waals surface area contributed by atoms with Crippen LogP contribution in [0.3, 0.4) is 0 Å². The van der Waals surface area contributed by atoms with Crippen LogP contribution in [-0.4, -0.2) is 61.1 Å². The quantitative estimate of drug-likeness (QED) is 0.703. The van der Waals surface area contributed by atoms with Crippen LogP contribution >= 0.6 is 36.6 Å². The monoisotopic (exact) mass is 345 g/mol. The van der Waals surface area contributed by atoms with E-state index < -0.39 is 0 Å². The molecule has 7 heteroatoms. The average molecular weight is 346 g/mol. The van der Waals surface area contributed by atoms with Crippen molar-refractivity contribution in [3.63, 3.8) is 0 Å². The number of nitrogens with zero attached hydrogens (tertiary/aromatic N) is 1. The first-order valence-electron chi connectivity index (χ1n) is 7.06. The molecule has 1 rings (SSSR count). The second kappa shape index (κ2) is 14.3. The minimum Gasteiger partial charge on any atom is -0.355 e. The third-order valence-electron chi connectivity index (χ3n) is 3.17. The van der Waals surface area contributed by atoms with Gasteiger partial charge in [0.05, 0.1) is 0 Å². The number of rotatable bonds is 8. The van der Waals surface area contributed by atoms with E-state index in [2.05, 4.69) is 29.4 Å². The molecule has 1 heterocycles. The fourth-order valence-corrected chi connectivity index (χ4v) is 3.09. The Labute approximate surface area is 140 Å². The number of hydrogen-bond donors (Lipinski definition) is 2. The molecule has 1 fully saturated rings. The van der Waals surface area contributed by atoms with Gasteiger partial charge in [-0.2, -0.15) is 11.8 Å². The maximum absolute atomic E-state index is 11.8. The number of carbonyl (C=O) groups is 1. The molecule has 0 radical (unpaired) electrons. The van der Waals surface area contributed by atoms with Crippen LogP contribution in [0.25, 0.3) is 0 Å². The van der Waals surface area contributed by atoms with Crippen molar-refractivity contribution in [2.24, 2.45) is 0 Å². The van der Waals surface area contributed by atoms with Gasteiger partial charge in [0.15, 0.2) is 0 Å². The van der Waals surface area contributed by atoms with Crippen LogP contribution in [0.4, 0.5) is 0 Å². The first kappa shape index (κ1) is 22.6. The molecule has 4 nitrogen and oxygen atoms in total. The van der Waals surface area contributed by atoms with Crippen LogP contribution < -0.4 is 10.6 Å². The molecule has 1 amide bonds. The van der Waals surface area contributed by atoms with Crippen molar-refractivity contribution >= 4 is 42.5 Å².